The van der Waals surface area contributed by atoms with E-state index in [4.69, 9.17) is 0 Å². The summed E-state index contributed by atoms with van der Waals surface area (Å²) < 4.78 is 0. The van der Waals surface area contributed by atoms with Gasteiger partial charge in [-0.25, -0.2) is 0 Å². The molecule has 0 saturated heterocycles. The lowest BCUT2D eigenvalue weighted by atomic mass is 10.0. The van der Waals surface area contributed by atoms with E-state index in [1.807, 2.05) is 38.3 Å². The standard InChI is InChI=1S/C10H15NOS/c1-4-9(12)11-10(2,3)8-6-5-7-13-8/h5-7H,4H2,1-3H3,(H,11,12). The van der Waals surface area contributed by atoms with Crippen LogP contribution in [0.5, 0.6) is 0 Å². The molecule has 0 aromatic carbocycles. The number of thiophene rings is 1. The Kier molecular flexibility index (Phi) is 3.09. The van der Waals surface area contributed by atoms with Crippen molar-refractivity contribution in [3.63, 3.8) is 0 Å². The van der Waals surface area contributed by atoms with Crippen LogP contribution in [0.3, 0.4) is 0 Å². The van der Waals surface area contributed by atoms with E-state index >= 15 is 0 Å². The highest BCUT2D eigenvalue weighted by Crippen LogP contribution is 2.24. The average Bonchev–Trinajstić information content (AvgIpc) is 2.55. The molecule has 1 heterocycles. The third-order valence-electron chi connectivity index (χ3n) is 1.91. The minimum Gasteiger partial charge on any atom is -0.346 e. The molecule has 0 fully saturated rings. The molecule has 3 heteroatoms. The van der Waals surface area contributed by atoms with Gasteiger partial charge in [-0.3, -0.25) is 4.79 Å². The average molecular weight is 197 g/mol. The second-order valence-corrected chi connectivity index (χ2v) is 4.45. The van der Waals surface area contributed by atoms with E-state index in [1.54, 1.807) is 11.3 Å². The molecular weight excluding hydrogens is 182 g/mol. The molecule has 1 amide bonds. The topological polar surface area (TPSA) is 29.1 Å². The van der Waals surface area contributed by atoms with Gasteiger partial charge in [-0.05, 0) is 25.3 Å². The van der Waals surface area contributed by atoms with Gasteiger partial charge in [-0.1, -0.05) is 13.0 Å². The number of carbonyl (C=O) groups excluding carboxylic acids is 1. The summed E-state index contributed by atoms with van der Waals surface area (Å²) in [4.78, 5) is 12.4. The Balaban J connectivity index is 2.72. The van der Waals surface area contributed by atoms with Crippen LogP contribution in [0.25, 0.3) is 0 Å². The molecule has 0 aliphatic rings. The van der Waals surface area contributed by atoms with Crippen molar-refractivity contribution in [2.75, 3.05) is 0 Å². The molecule has 0 unspecified atom stereocenters. The fourth-order valence-corrected chi connectivity index (χ4v) is 1.94. The lowest BCUT2D eigenvalue weighted by Gasteiger charge is -2.24. The van der Waals surface area contributed by atoms with E-state index in [0.29, 0.717) is 6.42 Å². The van der Waals surface area contributed by atoms with E-state index in [2.05, 4.69) is 5.32 Å². The molecule has 72 valence electrons. The van der Waals surface area contributed by atoms with Gasteiger partial charge in [0.1, 0.15) is 0 Å². The van der Waals surface area contributed by atoms with Crippen molar-refractivity contribution in [1.29, 1.82) is 0 Å². The SMILES string of the molecule is CCC(=O)NC(C)(C)c1cccs1. The van der Waals surface area contributed by atoms with E-state index in [1.165, 1.54) is 4.88 Å². The van der Waals surface area contributed by atoms with Crippen LogP contribution in [-0.4, -0.2) is 5.91 Å². The number of hydrogen-bond acceptors (Lipinski definition) is 2. The molecule has 0 spiro atoms. The van der Waals surface area contributed by atoms with Crippen LogP contribution < -0.4 is 5.32 Å². The Bertz CT molecular complexity index is 277. The summed E-state index contributed by atoms with van der Waals surface area (Å²) in [6.07, 6.45) is 0.537. The van der Waals surface area contributed by atoms with Crippen molar-refractivity contribution < 1.29 is 4.79 Å². The van der Waals surface area contributed by atoms with Crippen LogP contribution in [0.15, 0.2) is 17.5 Å². The second-order valence-electron chi connectivity index (χ2n) is 3.50. The Morgan fingerprint density at radius 3 is 2.77 bits per heavy atom. The molecule has 1 aromatic heterocycles. The molecular formula is C10H15NOS. The molecule has 0 aliphatic heterocycles. The molecule has 0 bridgehead atoms. The summed E-state index contributed by atoms with van der Waals surface area (Å²) in [7, 11) is 0. The molecule has 2 nitrogen and oxygen atoms in total. The maximum atomic E-state index is 11.2. The number of carbonyl (C=O) groups is 1. The van der Waals surface area contributed by atoms with Crippen molar-refractivity contribution in [3.8, 4) is 0 Å². The van der Waals surface area contributed by atoms with Gasteiger partial charge in [0.2, 0.25) is 5.91 Å². The molecule has 13 heavy (non-hydrogen) atoms. The molecule has 0 radical (unpaired) electrons. The van der Waals surface area contributed by atoms with Crippen molar-refractivity contribution in [3.05, 3.63) is 22.4 Å². The normalized spacial score (nSPS) is 11.3. The summed E-state index contributed by atoms with van der Waals surface area (Å²) in [6.45, 7) is 5.90. The Hall–Kier alpha value is -0.830. The smallest absolute Gasteiger partial charge is 0.220 e. The number of nitrogens with one attached hydrogen (secondary N) is 1. The van der Waals surface area contributed by atoms with E-state index < -0.39 is 0 Å². The largest absolute Gasteiger partial charge is 0.346 e. The molecule has 0 aliphatic carbocycles. The van der Waals surface area contributed by atoms with Gasteiger partial charge in [0.05, 0.1) is 5.54 Å². The number of hydrogen-bond donors (Lipinski definition) is 1. The highest BCUT2D eigenvalue weighted by Gasteiger charge is 2.22. The molecule has 1 N–H and O–H groups in total. The molecule has 1 aromatic rings. The van der Waals surface area contributed by atoms with E-state index in [-0.39, 0.29) is 11.4 Å². The predicted molar refractivity (Wildman–Crippen MR) is 55.8 cm³/mol. The third-order valence-corrected chi connectivity index (χ3v) is 3.10. The highest BCUT2D eigenvalue weighted by atomic mass is 32.1. The quantitative estimate of drug-likeness (QED) is 0.792. The van der Waals surface area contributed by atoms with Gasteiger partial charge < -0.3 is 5.32 Å². The summed E-state index contributed by atoms with van der Waals surface area (Å²) in [5.74, 6) is 0.0957. The van der Waals surface area contributed by atoms with Crippen molar-refractivity contribution in [2.45, 2.75) is 32.7 Å². The van der Waals surface area contributed by atoms with E-state index in [9.17, 15) is 4.79 Å². The van der Waals surface area contributed by atoms with Crippen LogP contribution in [0.2, 0.25) is 0 Å². The van der Waals surface area contributed by atoms with Crippen LogP contribution >= 0.6 is 11.3 Å². The van der Waals surface area contributed by atoms with Crippen molar-refractivity contribution in [1.82, 2.24) is 5.32 Å². The van der Waals surface area contributed by atoms with Gasteiger partial charge in [0, 0.05) is 11.3 Å². The summed E-state index contributed by atoms with van der Waals surface area (Å²) in [5, 5.41) is 5.00. The minimum atomic E-state index is -0.235. The zero-order valence-corrected chi connectivity index (χ0v) is 9.07. The zero-order chi connectivity index (χ0) is 9.90. The second kappa shape index (κ2) is 3.92. The lowest BCUT2D eigenvalue weighted by molar-refractivity contribution is -0.122. The lowest BCUT2D eigenvalue weighted by Crippen LogP contribution is -2.39. The van der Waals surface area contributed by atoms with Crippen LogP contribution in [0.4, 0.5) is 0 Å². The molecule has 0 saturated carbocycles. The summed E-state index contributed by atoms with van der Waals surface area (Å²) in [5.41, 5.74) is -0.235. The zero-order valence-electron chi connectivity index (χ0n) is 8.26. The van der Waals surface area contributed by atoms with Gasteiger partial charge in [0.15, 0.2) is 0 Å². The first-order valence-corrected chi connectivity index (χ1v) is 5.29. The third kappa shape index (κ3) is 2.56. The first-order chi connectivity index (χ1) is 6.06. The van der Waals surface area contributed by atoms with Crippen molar-refractivity contribution >= 4 is 17.2 Å². The van der Waals surface area contributed by atoms with Crippen LogP contribution in [0, 0.1) is 0 Å². The van der Waals surface area contributed by atoms with Gasteiger partial charge in [-0.2, -0.15) is 0 Å². The maximum Gasteiger partial charge on any atom is 0.220 e. The first kappa shape index (κ1) is 10.3. The first-order valence-electron chi connectivity index (χ1n) is 4.41. The minimum absolute atomic E-state index is 0.0957. The van der Waals surface area contributed by atoms with E-state index in [0.717, 1.165) is 0 Å². The van der Waals surface area contributed by atoms with Gasteiger partial charge in [-0.15, -0.1) is 11.3 Å². The Labute approximate surface area is 83.0 Å². The van der Waals surface area contributed by atoms with Gasteiger partial charge >= 0.3 is 0 Å². The van der Waals surface area contributed by atoms with Crippen LogP contribution in [0.1, 0.15) is 32.1 Å². The van der Waals surface area contributed by atoms with Gasteiger partial charge in [0.25, 0.3) is 0 Å². The number of rotatable bonds is 3. The van der Waals surface area contributed by atoms with Crippen LogP contribution in [-0.2, 0) is 10.3 Å². The fraction of sp³-hybridized carbons (Fsp3) is 0.500. The monoisotopic (exact) mass is 197 g/mol. The summed E-state index contributed by atoms with van der Waals surface area (Å²) >= 11 is 1.67. The van der Waals surface area contributed by atoms with Crippen molar-refractivity contribution in [2.24, 2.45) is 0 Å². The fourth-order valence-electron chi connectivity index (χ4n) is 1.13. The Morgan fingerprint density at radius 1 is 1.62 bits per heavy atom. The summed E-state index contributed by atoms with van der Waals surface area (Å²) in [6, 6.07) is 4.04. The predicted octanol–water partition coefficient (Wildman–Crippen LogP) is 2.51. The Morgan fingerprint density at radius 2 is 2.31 bits per heavy atom. The molecule has 1 rings (SSSR count). The number of amides is 1. The highest BCUT2D eigenvalue weighted by molar-refractivity contribution is 7.10. The molecule has 0 atom stereocenters. The maximum absolute atomic E-state index is 11.2.